The minimum atomic E-state index is -3.66. The largest absolute Gasteiger partial charge is 0.494 e. The topological polar surface area (TPSA) is 67.4 Å². The minimum absolute atomic E-state index is 0.0392. The second-order valence-electron chi connectivity index (χ2n) is 4.56. The number of sulfonamides is 1. The van der Waals surface area contributed by atoms with Gasteiger partial charge in [0.05, 0.1) is 11.6 Å². The van der Waals surface area contributed by atoms with E-state index in [9.17, 15) is 8.42 Å². The lowest BCUT2D eigenvalue weighted by atomic mass is 10.2. The Kier molecular flexibility index (Phi) is 5.30. The van der Waals surface area contributed by atoms with Crippen LogP contribution in [-0.4, -0.2) is 34.7 Å². The van der Waals surface area contributed by atoms with E-state index in [0.717, 1.165) is 19.4 Å². The number of benzene rings is 1. The van der Waals surface area contributed by atoms with E-state index in [0.29, 0.717) is 16.0 Å². The van der Waals surface area contributed by atoms with E-state index < -0.39 is 10.0 Å². The molecule has 0 amide bonds. The highest BCUT2D eigenvalue weighted by atomic mass is 79.9. The molecule has 112 valence electrons. The van der Waals surface area contributed by atoms with Crippen molar-refractivity contribution in [1.29, 1.82) is 0 Å². The Balaban J connectivity index is 2.24. The Bertz CT molecular complexity index is 589. The van der Waals surface area contributed by atoms with E-state index >= 15 is 0 Å². The molecule has 5 nitrogen and oxygen atoms in total. The minimum Gasteiger partial charge on any atom is -0.494 e. The summed E-state index contributed by atoms with van der Waals surface area (Å²) in [4.78, 5) is 0.0392. The number of ether oxygens (including phenoxy) is 1. The summed E-state index contributed by atoms with van der Waals surface area (Å²) >= 11 is 9.18. The van der Waals surface area contributed by atoms with Crippen LogP contribution in [0.3, 0.4) is 0 Å². The molecule has 0 bridgehead atoms. The standard InChI is InChI=1S/C12H16BrClN2O3S/c1-19-12-10(13)5-8(14)6-11(12)20(17,18)16-7-9-3-2-4-15-9/h5-6,9,15-16H,2-4,7H2,1H3/t9-/m1/s1. The zero-order chi connectivity index (χ0) is 14.8. The Morgan fingerprint density at radius 3 is 2.90 bits per heavy atom. The van der Waals surface area contributed by atoms with Gasteiger partial charge < -0.3 is 10.1 Å². The fraction of sp³-hybridized carbons (Fsp3) is 0.500. The van der Waals surface area contributed by atoms with Crippen LogP contribution in [0.15, 0.2) is 21.5 Å². The van der Waals surface area contributed by atoms with E-state index in [4.69, 9.17) is 16.3 Å². The number of rotatable bonds is 5. The fourth-order valence-corrected chi connectivity index (χ4v) is 4.62. The highest BCUT2D eigenvalue weighted by Crippen LogP contribution is 2.35. The van der Waals surface area contributed by atoms with Gasteiger partial charge in [0.1, 0.15) is 4.90 Å². The highest BCUT2D eigenvalue weighted by molar-refractivity contribution is 9.10. The molecular formula is C12H16BrClN2O3S. The Morgan fingerprint density at radius 2 is 2.30 bits per heavy atom. The molecule has 0 aromatic heterocycles. The average molecular weight is 384 g/mol. The third kappa shape index (κ3) is 3.65. The fourth-order valence-electron chi connectivity index (χ4n) is 2.15. The first-order valence-electron chi connectivity index (χ1n) is 6.20. The molecular weight excluding hydrogens is 368 g/mol. The molecule has 2 rings (SSSR count). The van der Waals surface area contributed by atoms with Gasteiger partial charge in [-0.3, -0.25) is 0 Å². The summed E-state index contributed by atoms with van der Waals surface area (Å²) in [6.07, 6.45) is 2.04. The molecule has 0 radical (unpaired) electrons. The Labute approximate surface area is 132 Å². The van der Waals surface area contributed by atoms with E-state index in [1.54, 1.807) is 6.07 Å². The molecule has 1 heterocycles. The first kappa shape index (κ1) is 16.0. The van der Waals surface area contributed by atoms with E-state index in [2.05, 4.69) is 26.0 Å². The maximum atomic E-state index is 12.4. The summed E-state index contributed by atoms with van der Waals surface area (Å²) in [6.45, 7) is 1.29. The number of methoxy groups -OCH3 is 1. The van der Waals surface area contributed by atoms with Crippen LogP contribution in [0.5, 0.6) is 5.75 Å². The monoisotopic (exact) mass is 382 g/mol. The number of nitrogens with one attached hydrogen (secondary N) is 2. The summed E-state index contributed by atoms with van der Waals surface area (Å²) in [7, 11) is -2.24. The lowest BCUT2D eigenvalue weighted by Gasteiger charge is -2.15. The maximum absolute atomic E-state index is 12.4. The third-order valence-electron chi connectivity index (χ3n) is 3.15. The quantitative estimate of drug-likeness (QED) is 0.817. The van der Waals surface area contributed by atoms with Crippen LogP contribution in [0.2, 0.25) is 5.02 Å². The molecule has 0 spiro atoms. The number of hydrogen-bond donors (Lipinski definition) is 2. The van der Waals surface area contributed by atoms with E-state index in [-0.39, 0.29) is 16.7 Å². The van der Waals surface area contributed by atoms with Crippen LogP contribution in [0.25, 0.3) is 0 Å². The Morgan fingerprint density at radius 1 is 1.55 bits per heavy atom. The van der Waals surface area contributed by atoms with Crippen LogP contribution in [0.1, 0.15) is 12.8 Å². The smallest absolute Gasteiger partial charge is 0.244 e. The molecule has 1 aromatic carbocycles. The summed E-state index contributed by atoms with van der Waals surface area (Å²) in [5.41, 5.74) is 0. The van der Waals surface area contributed by atoms with Crippen molar-refractivity contribution in [3.05, 3.63) is 21.6 Å². The van der Waals surface area contributed by atoms with Crippen LogP contribution >= 0.6 is 27.5 Å². The van der Waals surface area contributed by atoms with Crippen molar-refractivity contribution in [2.24, 2.45) is 0 Å². The van der Waals surface area contributed by atoms with Gasteiger partial charge in [-0.05, 0) is 47.4 Å². The molecule has 0 unspecified atom stereocenters. The van der Waals surface area contributed by atoms with Crippen molar-refractivity contribution in [1.82, 2.24) is 10.0 Å². The van der Waals surface area contributed by atoms with E-state index in [1.165, 1.54) is 13.2 Å². The van der Waals surface area contributed by atoms with Gasteiger partial charge in [0.25, 0.3) is 0 Å². The average Bonchev–Trinajstić information content (AvgIpc) is 2.89. The third-order valence-corrected chi connectivity index (χ3v) is 5.39. The summed E-state index contributed by atoms with van der Waals surface area (Å²) in [5, 5.41) is 3.57. The zero-order valence-electron chi connectivity index (χ0n) is 10.9. The van der Waals surface area contributed by atoms with Crippen molar-refractivity contribution in [3.8, 4) is 5.75 Å². The second-order valence-corrected chi connectivity index (χ2v) is 7.59. The van der Waals surface area contributed by atoms with E-state index in [1.807, 2.05) is 0 Å². The number of halogens is 2. The molecule has 1 saturated heterocycles. The van der Waals surface area contributed by atoms with Crippen molar-refractivity contribution >= 4 is 37.6 Å². The summed E-state index contributed by atoms with van der Waals surface area (Å²) in [6, 6.07) is 3.16. The molecule has 1 aromatic rings. The van der Waals surface area contributed by atoms with Gasteiger partial charge in [-0.1, -0.05) is 11.6 Å². The Hall–Kier alpha value is -0.340. The predicted octanol–water partition coefficient (Wildman–Crippen LogP) is 2.14. The van der Waals surface area contributed by atoms with Gasteiger partial charge in [-0.2, -0.15) is 0 Å². The molecule has 1 atom stereocenters. The first-order valence-corrected chi connectivity index (χ1v) is 8.85. The molecule has 1 aliphatic rings. The lowest BCUT2D eigenvalue weighted by Crippen LogP contribution is -2.37. The van der Waals surface area contributed by atoms with Crippen molar-refractivity contribution in [2.75, 3.05) is 20.2 Å². The van der Waals surface area contributed by atoms with Crippen LogP contribution < -0.4 is 14.8 Å². The van der Waals surface area contributed by atoms with Gasteiger partial charge in [-0.15, -0.1) is 0 Å². The summed E-state index contributed by atoms with van der Waals surface area (Å²) in [5.74, 6) is 0.251. The first-order chi connectivity index (χ1) is 9.44. The van der Waals surface area contributed by atoms with Crippen LogP contribution in [0, 0.1) is 0 Å². The normalized spacial score (nSPS) is 19.2. The summed E-state index contributed by atoms with van der Waals surface area (Å²) < 4.78 is 33.0. The molecule has 20 heavy (non-hydrogen) atoms. The molecule has 0 aliphatic carbocycles. The predicted molar refractivity (Wildman–Crippen MR) is 81.9 cm³/mol. The van der Waals surface area contributed by atoms with Gasteiger partial charge >= 0.3 is 0 Å². The SMILES string of the molecule is COc1c(Br)cc(Cl)cc1S(=O)(=O)NC[C@H]1CCCN1. The highest BCUT2D eigenvalue weighted by Gasteiger charge is 2.24. The van der Waals surface area contributed by atoms with Gasteiger partial charge in [-0.25, -0.2) is 13.1 Å². The molecule has 1 fully saturated rings. The molecule has 2 N–H and O–H groups in total. The molecule has 1 aliphatic heterocycles. The van der Waals surface area contributed by atoms with Crippen molar-refractivity contribution in [3.63, 3.8) is 0 Å². The van der Waals surface area contributed by atoms with Crippen molar-refractivity contribution < 1.29 is 13.2 Å². The second kappa shape index (κ2) is 6.62. The van der Waals surface area contributed by atoms with Gasteiger partial charge in [0.2, 0.25) is 10.0 Å². The van der Waals surface area contributed by atoms with Crippen LogP contribution in [-0.2, 0) is 10.0 Å². The van der Waals surface area contributed by atoms with Crippen LogP contribution in [0.4, 0.5) is 0 Å². The van der Waals surface area contributed by atoms with Gasteiger partial charge in [0.15, 0.2) is 5.75 Å². The maximum Gasteiger partial charge on any atom is 0.244 e. The molecule has 8 heteroatoms. The van der Waals surface area contributed by atoms with Crippen molar-refractivity contribution in [2.45, 2.75) is 23.8 Å². The zero-order valence-corrected chi connectivity index (χ0v) is 14.1. The molecule has 0 saturated carbocycles. The van der Waals surface area contributed by atoms with Gasteiger partial charge in [0, 0.05) is 17.6 Å². The lowest BCUT2D eigenvalue weighted by molar-refractivity contribution is 0.399. The number of hydrogen-bond acceptors (Lipinski definition) is 4.